The van der Waals surface area contributed by atoms with Crippen LogP contribution >= 0.6 is 11.8 Å². The smallest absolute Gasteiger partial charge is 0.293 e. The fourth-order valence-electron chi connectivity index (χ4n) is 5.85. The van der Waals surface area contributed by atoms with Crippen LogP contribution in [0.5, 0.6) is 0 Å². The van der Waals surface area contributed by atoms with E-state index in [1.54, 1.807) is 23.9 Å². The topological polar surface area (TPSA) is 118 Å². The molecule has 1 unspecified atom stereocenters. The Bertz CT molecular complexity index is 1570. The molecule has 226 valence electrons. The summed E-state index contributed by atoms with van der Waals surface area (Å²) in [5.41, 5.74) is 2.34. The Labute approximate surface area is 257 Å². The molecule has 3 aromatic rings. The standard InChI is InChI=1S/C33H37N3O5S2/c37-33(27-18-16-25(17-19-27)24-10-4-1-5-11-24)35-43(40,41)29-20-21-30(31(22-29)36(38)39)34-23-32(26-12-6-2-7-13-26)42-28-14-8-3-9-15-28/h3,8-10,14-22,26,32,34H,1-2,4-7,11-13,23H2,(H,35,37). The van der Waals surface area contributed by atoms with Gasteiger partial charge < -0.3 is 5.32 Å². The summed E-state index contributed by atoms with van der Waals surface area (Å²) in [6.07, 6.45) is 12.3. The van der Waals surface area contributed by atoms with E-state index in [0.29, 0.717) is 12.5 Å². The van der Waals surface area contributed by atoms with Crippen molar-refractivity contribution in [2.45, 2.75) is 72.8 Å². The van der Waals surface area contributed by atoms with E-state index in [0.717, 1.165) is 48.6 Å². The maximum Gasteiger partial charge on any atom is 0.293 e. The molecule has 0 bridgehead atoms. The number of amides is 1. The van der Waals surface area contributed by atoms with Crippen molar-refractivity contribution in [2.75, 3.05) is 11.9 Å². The van der Waals surface area contributed by atoms with E-state index in [1.165, 1.54) is 43.4 Å². The highest BCUT2D eigenvalue weighted by atomic mass is 32.2. The third-order valence-corrected chi connectivity index (χ3v) is 10.9. The van der Waals surface area contributed by atoms with Crippen molar-refractivity contribution in [1.29, 1.82) is 0 Å². The number of benzene rings is 3. The highest BCUT2D eigenvalue weighted by Gasteiger charge is 2.27. The number of anilines is 1. The zero-order chi connectivity index (χ0) is 30.2. The average Bonchev–Trinajstić information content (AvgIpc) is 3.04. The summed E-state index contributed by atoms with van der Waals surface area (Å²) in [6, 6.07) is 20.7. The fraction of sp³-hybridized carbons (Fsp3) is 0.364. The van der Waals surface area contributed by atoms with E-state index in [4.69, 9.17) is 0 Å². The van der Waals surface area contributed by atoms with Crippen LogP contribution in [0.25, 0.3) is 5.57 Å². The number of nitrogens with one attached hydrogen (secondary N) is 2. The molecule has 0 radical (unpaired) electrons. The number of hydrogen-bond acceptors (Lipinski definition) is 7. The minimum absolute atomic E-state index is 0.196. The number of carbonyl (C=O) groups excluding carboxylic acids is 1. The molecule has 0 aromatic heterocycles. The number of nitro groups is 1. The van der Waals surface area contributed by atoms with Gasteiger partial charge in [0.15, 0.2) is 0 Å². The summed E-state index contributed by atoms with van der Waals surface area (Å²) in [5.74, 6) is -0.309. The molecule has 10 heteroatoms. The van der Waals surface area contributed by atoms with Crippen molar-refractivity contribution in [3.8, 4) is 0 Å². The van der Waals surface area contributed by atoms with Gasteiger partial charge in [-0.15, -0.1) is 11.8 Å². The SMILES string of the molecule is O=C(NS(=O)(=O)c1ccc(NCC(Sc2ccccc2)C2CCCCC2)c([N+](=O)[O-])c1)c1ccc(C2=CCCCC2)cc1. The Kier molecular flexibility index (Phi) is 10.2. The molecule has 0 saturated heterocycles. The first kappa shape index (κ1) is 30.8. The van der Waals surface area contributed by atoms with Crippen molar-refractivity contribution in [3.05, 3.63) is 100 Å². The highest BCUT2D eigenvalue weighted by molar-refractivity contribution is 8.00. The van der Waals surface area contributed by atoms with E-state index < -0.39 is 20.9 Å². The monoisotopic (exact) mass is 619 g/mol. The summed E-state index contributed by atoms with van der Waals surface area (Å²) in [5, 5.41) is 15.5. The number of allylic oxidation sites excluding steroid dienone is 2. The number of hydrogen-bond donors (Lipinski definition) is 2. The maximum absolute atomic E-state index is 13.1. The summed E-state index contributed by atoms with van der Waals surface area (Å²) < 4.78 is 28.3. The highest BCUT2D eigenvalue weighted by Crippen LogP contribution is 2.37. The van der Waals surface area contributed by atoms with Gasteiger partial charge in [0.2, 0.25) is 0 Å². The third kappa shape index (κ3) is 8.06. The summed E-state index contributed by atoms with van der Waals surface area (Å²) in [7, 11) is -4.35. The molecule has 1 saturated carbocycles. The van der Waals surface area contributed by atoms with Crippen LogP contribution in [0.4, 0.5) is 11.4 Å². The van der Waals surface area contributed by atoms with Gasteiger partial charge in [0.25, 0.3) is 21.6 Å². The van der Waals surface area contributed by atoms with Crippen LogP contribution in [0.15, 0.2) is 88.7 Å². The molecule has 0 aliphatic heterocycles. The summed E-state index contributed by atoms with van der Waals surface area (Å²) in [6.45, 7) is 0.501. The van der Waals surface area contributed by atoms with Crippen LogP contribution in [-0.2, 0) is 10.0 Å². The van der Waals surface area contributed by atoms with Crippen molar-refractivity contribution < 1.29 is 18.1 Å². The molecule has 1 fully saturated rings. The zero-order valence-electron chi connectivity index (χ0n) is 24.0. The summed E-state index contributed by atoms with van der Waals surface area (Å²) >= 11 is 1.77. The second-order valence-corrected chi connectivity index (χ2v) is 14.2. The third-order valence-electron chi connectivity index (χ3n) is 8.21. The molecule has 1 amide bonds. The quantitative estimate of drug-likeness (QED) is 0.128. The molecule has 8 nitrogen and oxygen atoms in total. The minimum Gasteiger partial charge on any atom is -0.378 e. The van der Waals surface area contributed by atoms with Crippen LogP contribution in [0.1, 0.15) is 73.7 Å². The van der Waals surface area contributed by atoms with Crippen molar-refractivity contribution in [1.82, 2.24) is 4.72 Å². The molecular weight excluding hydrogens is 583 g/mol. The molecule has 43 heavy (non-hydrogen) atoms. The molecule has 2 aliphatic rings. The number of thioether (sulfide) groups is 1. The fourth-order valence-corrected chi connectivity index (χ4v) is 8.14. The van der Waals surface area contributed by atoms with Crippen molar-refractivity contribution in [3.63, 3.8) is 0 Å². The first-order valence-electron chi connectivity index (χ1n) is 14.9. The second kappa shape index (κ2) is 14.2. The zero-order valence-corrected chi connectivity index (χ0v) is 25.7. The molecule has 3 aromatic carbocycles. The number of carbonyl (C=O) groups is 1. The van der Waals surface area contributed by atoms with E-state index in [9.17, 15) is 23.3 Å². The maximum atomic E-state index is 13.1. The second-order valence-electron chi connectivity index (χ2n) is 11.2. The largest absolute Gasteiger partial charge is 0.378 e. The predicted octanol–water partition coefficient (Wildman–Crippen LogP) is 7.82. The van der Waals surface area contributed by atoms with Crippen LogP contribution in [0, 0.1) is 16.0 Å². The first-order chi connectivity index (χ1) is 20.8. The van der Waals surface area contributed by atoms with E-state index in [1.807, 2.05) is 30.3 Å². The summed E-state index contributed by atoms with van der Waals surface area (Å²) in [4.78, 5) is 25.1. The minimum atomic E-state index is -4.35. The Morgan fingerprint density at radius 3 is 2.37 bits per heavy atom. The van der Waals surface area contributed by atoms with Crippen LogP contribution in [0.2, 0.25) is 0 Å². The molecule has 1 atom stereocenters. The Balaban J connectivity index is 1.29. The van der Waals surface area contributed by atoms with Gasteiger partial charge in [-0.1, -0.05) is 55.7 Å². The lowest BCUT2D eigenvalue weighted by Gasteiger charge is -2.30. The lowest BCUT2D eigenvalue weighted by Crippen LogP contribution is -2.30. The van der Waals surface area contributed by atoms with Crippen LogP contribution < -0.4 is 10.0 Å². The van der Waals surface area contributed by atoms with Gasteiger partial charge in [0.05, 0.1) is 9.82 Å². The van der Waals surface area contributed by atoms with Gasteiger partial charge in [-0.3, -0.25) is 14.9 Å². The number of nitro benzene ring substituents is 1. The number of rotatable bonds is 11. The van der Waals surface area contributed by atoms with Gasteiger partial charge in [0, 0.05) is 28.3 Å². The first-order valence-corrected chi connectivity index (χ1v) is 17.3. The van der Waals surface area contributed by atoms with Crippen LogP contribution in [-0.4, -0.2) is 31.0 Å². The van der Waals surface area contributed by atoms with E-state index in [-0.39, 0.29) is 27.1 Å². The molecule has 0 heterocycles. The van der Waals surface area contributed by atoms with E-state index in [2.05, 4.69) is 28.2 Å². The van der Waals surface area contributed by atoms with Gasteiger partial charge in [-0.05, 0) is 92.0 Å². The van der Waals surface area contributed by atoms with Crippen LogP contribution in [0.3, 0.4) is 0 Å². The Morgan fingerprint density at radius 2 is 1.70 bits per heavy atom. The van der Waals surface area contributed by atoms with E-state index >= 15 is 0 Å². The van der Waals surface area contributed by atoms with Gasteiger partial charge in [-0.2, -0.15) is 0 Å². The molecule has 5 rings (SSSR count). The number of sulfonamides is 1. The Morgan fingerprint density at radius 1 is 0.953 bits per heavy atom. The van der Waals surface area contributed by atoms with Gasteiger partial charge in [0.1, 0.15) is 5.69 Å². The molecule has 2 aliphatic carbocycles. The normalized spacial score (nSPS) is 16.6. The van der Waals surface area contributed by atoms with Gasteiger partial charge in [-0.25, -0.2) is 13.1 Å². The van der Waals surface area contributed by atoms with Crippen molar-refractivity contribution in [2.24, 2.45) is 5.92 Å². The van der Waals surface area contributed by atoms with Crippen molar-refractivity contribution >= 4 is 44.6 Å². The molecule has 0 spiro atoms. The lowest BCUT2D eigenvalue weighted by atomic mass is 9.86. The molecule has 2 N–H and O–H groups in total. The Hall–Kier alpha value is -3.63. The van der Waals surface area contributed by atoms with Gasteiger partial charge >= 0.3 is 0 Å². The average molecular weight is 620 g/mol. The lowest BCUT2D eigenvalue weighted by molar-refractivity contribution is -0.384. The molecular formula is C33H37N3O5S2. The predicted molar refractivity (Wildman–Crippen MR) is 172 cm³/mol. The number of nitrogens with zero attached hydrogens (tertiary/aromatic N) is 1.